The lowest BCUT2D eigenvalue weighted by Crippen LogP contribution is -2.27. The zero-order valence-corrected chi connectivity index (χ0v) is 20.9. The third kappa shape index (κ3) is 24.8. The minimum Gasteiger partial charge on any atom is -0.449 e. The molecule has 0 aliphatic carbocycles. The Morgan fingerprint density at radius 2 is 1.79 bits per heavy atom. The van der Waals surface area contributed by atoms with Crippen LogP contribution in [0.4, 0.5) is 4.79 Å². The summed E-state index contributed by atoms with van der Waals surface area (Å²) in [5.74, 6) is 4.24. The minimum absolute atomic E-state index is 0.117. The standard InChI is InChI=1S/C15H30N2O5S6/c1-2-23-12-26-8-5-20-15(19)17-4-7-25-13-24-6-3-16-9-21-22-11-28-14-27-10-18/h9,18H,2-8,10-14H2,1H3,(H,17,19). The van der Waals surface area contributed by atoms with Crippen LogP contribution in [0.2, 0.25) is 0 Å². The van der Waals surface area contributed by atoms with Crippen LogP contribution in [0.15, 0.2) is 4.99 Å². The van der Waals surface area contributed by atoms with E-state index in [-0.39, 0.29) is 12.0 Å². The molecule has 7 nitrogen and oxygen atoms in total. The molecule has 2 N–H and O–H groups in total. The molecule has 0 spiro atoms. The Morgan fingerprint density at radius 1 is 1.04 bits per heavy atom. The van der Waals surface area contributed by atoms with Crippen molar-refractivity contribution in [2.45, 2.75) is 6.92 Å². The molecule has 0 heterocycles. The number of aliphatic hydroxyl groups is 1. The van der Waals surface area contributed by atoms with E-state index in [0.29, 0.717) is 25.6 Å². The summed E-state index contributed by atoms with van der Waals surface area (Å²) in [5, 5.41) is 14.1. The van der Waals surface area contributed by atoms with Gasteiger partial charge in [0.15, 0.2) is 0 Å². The number of amides is 1. The summed E-state index contributed by atoms with van der Waals surface area (Å²) in [6.45, 7) is 3.87. The number of alkyl carbamates (subject to hydrolysis) is 1. The third-order valence-corrected chi connectivity index (χ3v) is 8.73. The Bertz CT molecular complexity index is 372. The molecule has 0 aliphatic rings. The summed E-state index contributed by atoms with van der Waals surface area (Å²) in [4.78, 5) is 25.2. The largest absolute Gasteiger partial charge is 0.449 e. The third-order valence-electron chi connectivity index (χ3n) is 2.45. The molecular weight excluding hydrogens is 481 g/mol. The zero-order valence-electron chi connectivity index (χ0n) is 16.0. The van der Waals surface area contributed by atoms with E-state index in [1.165, 1.54) is 29.9 Å². The average Bonchev–Trinajstić information content (AvgIpc) is 2.70. The van der Waals surface area contributed by atoms with Crippen molar-refractivity contribution >= 4 is 83.1 Å². The molecule has 28 heavy (non-hydrogen) atoms. The predicted molar refractivity (Wildman–Crippen MR) is 132 cm³/mol. The van der Waals surface area contributed by atoms with Crippen molar-refractivity contribution in [3.8, 4) is 0 Å². The number of aliphatic hydroxyl groups excluding tert-OH is 1. The van der Waals surface area contributed by atoms with Gasteiger partial charge in [-0.15, -0.1) is 58.8 Å². The first-order valence-electron chi connectivity index (χ1n) is 8.55. The van der Waals surface area contributed by atoms with Gasteiger partial charge in [-0.25, -0.2) is 4.79 Å². The van der Waals surface area contributed by atoms with Gasteiger partial charge in [0, 0.05) is 39.1 Å². The quantitative estimate of drug-likeness (QED) is 0.0588. The number of carbonyl (C=O) groups excluding carboxylic acids is 1. The minimum atomic E-state index is -0.334. The zero-order chi connectivity index (χ0) is 20.5. The topological polar surface area (TPSA) is 89.4 Å². The molecule has 0 saturated heterocycles. The van der Waals surface area contributed by atoms with Gasteiger partial charge in [0.1, 0.15) is 12.5 Å². The lowest BCUT2D eigenvalue weighted by Gasteiger charge is -2.06. The van der Waals surface area contributed by atoms with Gasteiger partial charge in [0.25, 0.3) is 0 Å². The molecule has 0 bridgehead atoms. The Labute approximate surface area is 193 Å². The van der Waals surface area contributed by atoms with Gasteiger partial charge in [-0.1, -0.05) is 6.92 Å². The number of aliphatic imine (C=N–C) groups is 1. The van der Waals surface area contributed by atoms with Crippen LogP contribution in [0.1, 0.15) is 6.92 Å². The van der Waals surface area contributed by atoms with Crippen molar-refractivity contribution < 1.29 is 24.4 Å². The first-order valence-corrected chi connectivity index (χ1v) is 15.5. The van der Waals surface area contributed by atoms with E-state index in [1.54, 1.807) is 35.3 Å². The molecule has 0 unspecified atom stereocenters. The van der Waals surface area contributed by atoms with E-state index in [2.05, 4.69) is 17.2 Å². The smallest absolute Gasteiger partial charge is 0.407 e. The van der Waals surface area contributed by atoms with Crippen LogP contribution in [0.5, 0.6) is 0 Å². The van der Waals surface area contributed by atoms with E-state index in [1.807, 2.05) is 11.8 Å². The number of ether oxygens (including phenoxy) is 1. The predicted octanol–water partition coefficient (Wildman–Crippen LogP) is 3.89. The number of hydrogen-bond donors (Lipinski definition) is 2. The molecule has 0 rings (SSSR count). The maximum Gasteiger partial charge on any atom is 0.407 e. The molecule has 0 saturated carbocycles. The van der Waals surface area contributed by atoms with Crippen molar-refractivity contribution in [1.82, 2.24) is 5.32 Å². The fraction of sp³-hybridized carbons (Fsp3) is 0.867. The summed E-state index contributed by atoms with van der Waals surface area (Å²) >= 11 is 10.2. The first kappa shape index (κ1) is 28.8. The van der Waals surface area contributed by atoms with Crippen molar-refractivity contribution in [1.29, 1.82) is 0 Å². The van der Waals surface area contributed by atoms with Gasteiger partial charge in [0.05, 0.1) is 12.5 Å². The fourth-order valence-electron chi connectivity index (χ4n) is 1.27. The van der Waals surface area contributed by atoms with E-state index in [4.69, 9.17) is 19.6 Å². The van der Waals surface area contributed by atoms with Gasteiger partial charge in [-0.05, 0) is 5.75 Å². The molecule has 166 valence electrons. The number of thioether (sulfide) groups is 6. The van der Waals surface area contributed by atoms with Crippen LogP contribution in [0.3, 0.4) is 0 Å². The fourth-order valence-corrected chi connectivity index (χ4v) is 6.14. The summed E-state index contributed by atoms with van der Waals surface area (Å²) < 4.78 is 5.10. The normalized spacial score (nSPS) is 11.1. The summed E-state index contributed by atoms with van der Waals surface area (Å²) in [6.07, 6.45) is 0.975. The second-order valence-corrected chi connectivity index (χ2v) is 12.1. The molecule has 13 heteroatoms. The van der Waals surface area contributed by atoms with Crippen LogP contribution >= 0.6 is 70.6 Å². The SMILES string of the molecule is CCSCSCCOC(=O)NCCSCSCCN=COOCSCSCO. The number of nitrogens with zero attached hydrogens (tertiary/aromatic N) is 1. The molecule has 0 atom stereocenters. The molecule has 0 radical (unpaired) electrons. The first-order chi connectivity index (χ1) is 13.8. The van der Waals surface area contributed by atoms with Crippen molar-refractivity contribution in [3.63, 3.8) is 0 Å². The molecule has 0 aromatic rings. The van der Waals surface area contributed by atoms with Crippen molar-refractivity contribution in [2.24, 2.45) is 4.99 Å². The highest BCUT2D eigenvalue weighted by molar-refractivity contribution is 8.16. The highest BCUT2D eigenvalue weighted by atomic mass is 32.2. The van der Waals surface area contributed by atoms with Gasteiger partial charge >= 0.3 is 6.09 Å². The van der Waals surface area contributed by atoms with Crippen molar-refractivity contribution in [2.75, 3.05) is 69.8 Å². The van der Waals surface area contributed by atoms with E-state index >= 15 is 0 Å². The van der Waals surface area contributed by atoms with Gasteiger partial charge in [-0.2, -0.15) is 16.6 Å². The average molecular weight is 511 g/mol. The van der Waals surface area contributed by atoms with E-state index in [9.17, 15) is 4.79 Å². The van der Waals surface area contributed by atoms with Crippen LogP contribution in [0.25, 0.3) is 0 Å². The second kappa shape index (κ2) is 25.8. The van der Waals surface area contributed by atoms with Gasteiger partial charge in [-0.3, -0.25) is 4.99 Å². The summed E-state index contributed by atoms with van der Waals surface area (Å²) in [6, 6.07) is 0. The summed E-state index contributed by atoms with van der Waals surface area (Å²) in [7, 11) is 0. The molecular formula is C15H30N2O5S6. The lowest BCUT2D eigenvalue weighted by molar-refractivity contribution is -0.196. The Kier molecular flexibility index (Phi) is 26.5. The summed E-state index contributed by atoms with van der Waals surface area (Å²) in [5.41, 5.74) is 0. The molecule has 0 fully saturated rings. The Morgan fingerprint density at radius 3 is 2.61 bits per heavy atom. The monoisotopic (exact) mass is 510 g/mol. The number of rotatable bonds is 21. The van der Waals surface area contributed by atoms with E-state index in [0.717, 1.165) is 38.3 Å². The van der Waals surface area contributed by atoms with Crippen LogP contribution in [-0.2, 0) is 14.5 Å². The Balaban J connectivity index is 3.18. The number of nitrogens with one attached hydrogen (secondary N) is 1. The van der Waals surface area contributed by atoms with E-state index < -0.39 is 0 Å². The molecule has 0 aromatic carbocycles. The van der Waals surface area contributed by atoms with Crippen LogP contribution in [0, 0.1) is 0 Å². The molecule has 0 aliphatic heterocycles. The highest BCUT2D eigenvalue weighted by Crippen LogP contribution is 2.12. The highest BCUT2D eigenvalue weighted by Gasteiger charge is 2.00. The number of carbonyl (C=O) groups is 1. The maximum absolute atomic E-state index is 11.5. The number of hydrogen-bond acceptors (Lipinski definition) is 12. The van der Waals surface area contributed by atoms with Gasteiger partial charge < -0.3 is 20.0 Å². The lowest BCUT2D eigenvalue weighted by atomic mass is 10.7. The van der Waals surface area contributed by atoms with Crippen LogP contribution < -0.4 is 5.32 Å². The molecule has 1 amide bonds. The van der Waals surface area contributed by atoms with Crippen LogP contribution in [-0.4, -0.2) is 87.4 Å². The second-order valence-electron chi connectivity index (χ2n) is 4.51. The Hall–Kier alpha value is 0.760. The van der Waals surface area contributed by atoms with Crippen molar-refractivity contribution in [3.05, 3.63) is 0 Å². The maximum atomic E-state index is 11.5. The van der Waals surface area contributed by atoms with Gasteiger partial charge in [0.2, 0.25) is 6.40 Å². The molecule has 0 aromatic heterocycles.